The maximum Gasteiger partial charge on any atom is 0.325 e. The van der Waals surface area contributed by atoms with E-state index in [4.69, 9.17) is 4.74 Å². The van der Waals surface area contributed by atoms with Crippen molar-refractivity contribution < 1.29 is 19.1 Å². The zero-order valence-electron chi connectivity index (χ0n) is 17.4. The van der Waals surface area contributed by atoms with E-state index in [0.717, 1.165) is 5.56 Å². The third kappa shape index (κ3) is 7.41. The Hall–Kier alpha value is -2.37. The average Bonchev–Trinajstić information content (AvgIpc) is 2.55. The van der Waals surface area contributed by atoms with E-state index in [1.54, 1.807) is 26.0 Å². The molecule has 0 spiro atoms. The number of amides is 2. The highest BCUT2D eigenvalue weighted by molar-refractivity contribution is 5.98. The summed E-state index contributed by atoms with van der Waals surface area (Å²) in [6, 6.07) is 6.60. The Morgan fingerprint density at radius 3 is 2.00 bits per heavy atom. The Balaban J connectivity index is 2.74. The fraction of sp³-hybridized carbons (Fsp3) is 0.571. The summed E-state index contributed by atoms with van der Waals surface area (Å²) in [5.41, 5.74) is 1.61. The number of esters is 1. The van der Waals surface area contributed by atoms with Gasteiger partial charge in [0.25, 0.3) is 5.91 Å². The largest absolute Gasteiger partial charge is 0.462 e. The zero-order valence-corrected chi connectivity index (χ0v) is 17.4. The van der Waals surface area contributed by atoms with E-state index in [1.807, 2.05) is 26.0 Å². The summed E-state index contributed by atoms with van der Waals surface area (Å²) in [5, 5.41) is 5.28. The lowest BCUT2D eigenvalue weighted by atomic mass is 9.86. The van der Waals surface area contributed by atoms with Gasteiger partial charge in [-0.25, -0.2) is 0 Å². The number of hydrogen-bond acceptors (Lipinski definition) is 4. The molecule has 6 nitrogen and oxygen atoms in total. The highest BCUT2D eigenvalue weighted by Crippen LogP contribution is 2.22. The van der Waals surface area contributed by atoms with Crippen LogP contribution < -0.4 is 10.6 Å². The molecule has 2 N–H and O–H groups in total. The second kappa shape index (κ2) is 9.53. The van der Waals surface area contributed by atoms with Crippen molar-refractivity contribution in [2.45, 2.75) is 66.0 Å². The number of benzene rings is 1. The van der Waals surface area contributed by atoms with E-state index in [1.165, 1.54) is 0 Å². The Labute approximate surface area is 162 Å². The molecule has 0 bridgehead atoms. The Bertz CT molecular complexity index is 658. The summed E-state index contributed by atoms with van der Waals surface area (Å²) < 4.78 is 4.99. The van der Waals surface area contributed by atoms with Gasteiger partial charge >= 0.3 is 5.97 Å². The normalized spacial score (nSPS) is 12.6. The second-order valence-corrected chi connectivity index (χ2v) is 8.28. The van der Waals surface area contributed by atoms with Gasteiger partial charge in [0.2, 0.25) is 5.91 Å². The summed E-state index contributed by atoms with van der Waals surface area (Å²) in [6.45, 7) is 13.2. The first-order valence-electron chi connectivity index (χ1n) is 9.30. The molecular weight excluding hydrogens is 344 g/mol. The molecule has 2 amide bonds. The number of carbonyl (C=O) groups is 3. The molecule has 1 rings (SSSR count). The molecule has 0 heterocycles. The Morgan fingerprint density at radius 2 is 1.56 bits per heavy atom. The Morgan fingerprint density at radius 1 is 1.00 bits per heavy atom. The number of ether oxygens (including phenoxy) is 1. The van der Waals surface area contributed by atoms with Gasteiger partial charge in [-0.3, -0.25) is 14.4 Å². The fourth-order valence-electron chi connectivity index (χ4n) is 2.45. The van der Waals surface area contributed by atoms with Crippen molar-refractivity contribution in [3.63, 3.8) is 0 Å². The van der Waals surface area contributed by atoms with Gasteiger partial charge in [0.1, 0.15) is 12.6 Å². The highest BCUT2D eigenvalue weighted by atomic mass is 16.5. The molecule has 150 valence electrons. The molecule has 0 aromatic heterocycles. The monoisotopic (exact) mass is 376 g/mol. The van der Waals surface area contributed by atoms with Crippen LogP contribution in [-0.2, 0) is 19.7 Å². The third-order valence-corrected chi connectivity index (χ3v) is 4.02. The van der Waals surface area contributed by atoms with Crippen LogP contribution in [0.2, 0.25) is 0 Å². The van der Waals surface area contributed by atoms with Gasteiger partial charge in [-0.2, -0.15) is 0 Å². The lowest BCUT2D eigenvalue weighted by Gasteiger charge is -2.22. The third-order valence-electron chi connectivity index (χ3n) is 4.02. The van der Waals surface area contributed by atoms with Crippen LogP contribution in [0.5, 0.6) is 0 Å². The number of rotatable bonds is 7. The van der Waals surface area contributed by atoms with Crippen molar-refractivity contribution in [3.05, 3.63) is 35.4 Å². The van der Waals surface area contributed by atoms with E-state index in [-0.39, 0.29) is 29.9 Å². The van der Waals surface area contributed by atoms with E-state index >= 15 is 0 Å². The SMILES string of the molecule is CC(C)OC(=O)CNC(=O)C(NC(=O)c1ccc(C(C)(C)C)cc1)C(C)C. The minimum absolute atomic E-state index is 0.0000449. The minimum atomic E-state index is -0.744. The lowest BCUT2D eigenvalue weighted by Crippen LogP contribution is -2.50. The molecule has 6 heteroatoms. The van der Waals surface area contributed by atoms with Crippen molar-refractivity contribution in [2.75, 3.05) is 6.54 Å². The summed E-state index contributed by atoms with van der Waals surface area (Å²) in [4.78, 5) is 36.5. The first kappa shape index (κ1) is 22.7. The van der Waals surface area contributed by atoms with Crippen LogP contribution in [0, 0.1) is 5.92 Å². The first-order valence-corrected chi connectivity index (χ1v) is 9.30. The van der Waals surface area contributed by atoms with E-state index < -0.39 is 17.9 Å². The maximum absolute atomic E-state index is 12.5. The molecule has 0 saturated heterocycles. The van der Waals surface area contributed by atoms with Crippen LogP contribution >= 0.6 is 0 Å². The van der Waals surface area contributed by atoms with Crippen molar-refractivity contribution in [1.82, 2.24) is 10.6 Å². The first-order chi connectivity index (χ1) is 12.4. The van der Waals surface area contributed by atoms with Gasteiger partial charge in [0.05, 0.1) is 6.10 Å². The molecule has 0 saturated carbocycles. The zero-order chi connectivity index (χ0) is 20.8. The molecule has 0 aliphatic carbocycles. The molecule has 0 fully saturated rings. The lowest BCUT2D eigenvalue weighted by molar-refractivity contribution is -0.147. The van der Waals surface area contributed by atoms with Crippen molar-refractivity contribution in [2.24, 2.45) is 5.92 Å². The van der Waals surface area contributed by atoms with Crippen molar-refractivity contribution in [1.29, 1.82) is 0 Å². The number of nitrogens with one attached hydrogen (secondary N) is 2. The van der Waals surface area contributed by atoms with Crippen LogP contribution in [0.3, 0.4) is 0 Å². The molecule has 27 heavy (non-hydrogen) atoms. The summed E-state index contributed by atoms with van der Waals surface area (Å²) >= 11 is 0. The van der Waals surface area contributed by atoms with Gasteiger partial charge in [-0.15, -0.1) is 0 Å². The highest BCUT2D eigenvalue weighted by Gasteiger charge is 2.25. The molecule has 1 atom stereocenters. The van der Waals surface area contributed by atoms with E-state index in [9.17, 15) is 14.4 Å². The molecule has 1 aromatic carbocycles. The molecule has 1 unspecified atom stereocenters. The second-order valence-electron chi connectivity index (χ2n) is 8.28. The van der Waals surface area contributed by atoms with Crippen LogP contribution in [0.4, 0.5) is 0 Å². The van der Waals surface area contributed by atoms with Crippen LogP contribution in [-0.4, -0.2) is 36.5 Å². The van der Waals surface area contributed by atoms with Crippen molar-refractivity contribution >= 4 is 17.8 Å². The van der Waals surface area contributed by atoms with Crippen LogP contribution in [0.15, 0.2) is 24.3 Å². The molecule has 0 radical (unpaired) electrons. The predicted octanol–water partition coefficient (Wildman–Crippen LogP) is 2.81. The number of carbonyl (C=O) groups excluding carboxylic acids is 3. The summed E-state index contributed by atoms with van der Waals surface area (Å²) in [6.07, 6.45) is -0.244. The topological polar surface area (TPSA) is 84.5 Å². The van der Waals surface area contributed by atoms with E-state index in [0.29, 0.717) is 5.56 Å². The van der Waals surface area contributed by atoms with Gasteiger partial charge in [0.15, 0.2) is 0 Å². The Kier molecular flexibility index (Phi) is 8.00. The van der Waals surface area contributed by atoms with Gasteiger partial charge < -0.3 is 15.4 Å². The number of hydrogen-bond donors (Lipinski definition) is 2. The van der Waals surface area contributed by atoms with Gasteiger partial charge in [-0.05, 0) is 42.9 Å². The molecular formula is C21H32N2O4. The molecule has 0 aliphatic rings. The van der Waals surface area contributed by atoms with Gasteiger partial charge in [-0.1, -0.05) is 46.8 Å². The minimum Gasteiger partial charge on any atom is -0.462 e. The maximum atomic E-state index is 12.5. The fourth-order valence-corrected chi connectivity index (χ4v) is 2.45. The summed E-state index contributed by atoms with van der Waals surface area (Å²) in [7, 11) is 0. The van der Waals surface area contributed by atoms with E-state index in [2.05, 4.69) is 31.4 Å². The average molecular weight is 376 g/mol. The summed E-state index contributed by atoms with van der Waals surface area (Å²) in [5.74, 6) is -1.38. The van der Waals surface area contributed by atoms with Crippen LogP contribution in [0.25, 0.3) is 0 Å². The predicted molar refractivity (Wildman–Crippen MR) is 105 cm³/mol. The quantitative estimate of drug-likeness (QED) is 0.717. The van der Waals surface area contributed by atoms with Crippen molar-refractivity contribution in [3.8, 4) is 0 Å². The van der Waals surface area contributed by atoms with Crippen LogP contribution in [0.1, 0.15) is 64.4 Å². The smallest absolute Gasteiger partial charge is 0.325 e. The molecule has 0 aliphatic heterocycles. The molecule has 1 aromatic rings. The standard InChI is InChI=1S/C21H32N2O4/c1-13(2)18(20(26)22-12-17(24)27-14(3)4)23-19(25)15-8-10-16(11-9-15)21(5,6)7/h8-11,13-14,18H,12H2,1-7H3,(H,22,26)(H,23,25). The van der Waals surface area contributed by atoms with Gasteiger partial charge in [0, 0.05) is 5.56 Å².